The van der Waals surface area contributed by atoms with E-state index < -0.39 is 0 Å². The van der Waals surface area contributed by atoms with E-state index in [1.807, 2.05) is 9.14 Å². The SMILES string of the molecule is [CH2-]/[N+](=C\c1cccc(-c2c(C)cccc2C)[n+]1[CH2-])c1c(C(C)C)cccc1C(C)C. The third kappa shape index (κ3) is 4.14. The summed E-state index contributed by atoms with van der Waals surface area (Å²) in [4.78, 5) is 0. The Labute approximate surface area is 182 Å². The van der Waals surface area contributed by atoms with E-state index in [-0.39, 0.29) is 0 Å². The van der Waals surface area contributed by atoms with Crippen molar-refractivity contribution in [1.82, 2.24) is 0 Å². The summed E-state index contributed by atoms with van der Waals surface area (Å²) in [6.07, 6.45) is 2.09. The quantitative estimate of drug-likeness (QED) is 0.256. The molecule has 1 heterocycles. The fraction of sp³-hybridized carbons (Fsp3) is 0.286. The highest BCUT2D eigenvalue weighted by atomic mass is 15.0. The molecule has 0 spiro atoms. The minimum Gasteiger partial charge on any atom is -0.338 e. The number of hydrogen-bond acceptors (Lipinski definition) is 0. The van der Waals surface area contributed by atoms with Crippen LogP contribution in [0.2, 0.25) is 0 Å². The van der Waals surface area contributed by atoms with Gasteiger partial charge in [0.1, 0.15) is 17.1 Å². The number of rotatable bonds is 5. The maximum absolute atomic E-state index is 4.40. The van der Waals surface area contributed by atoms with Gasteiger partial charge < -0.3 is 9.14 Å². The molecule has 3 rings (SSSR count). The first-order valence-electron chi connectivity index (χ1n) is 10.7. The van der Waals surface area contributed by atoms with Crippen LogP contribution in [0.1, 0.15) is 67.5 Å². The zero-order valence-corrected chi connectivity index (χ0v) is 19.2. The van der Waals surface area contributed by atoms with E-state index in [2.05, 4.69) is 116 Å². The first-order valence-corrected chi connectivity index (χ1v) is 10.7. The van der Waals surface area contributed by atoms with Gasteiger partial charge in [-0.2, -0.15) is 0 Å². The number of aromatic nitrogens is 1. The molecule has 30 heavy (non-hydrogen) atoms. The van der Waals surface area contributed by atoms with Crippen LogP contribution in [0, 0.1) is 27.9 Å². The summed E-state index contributed by atoms with van der Waals surface area (Å²) in [5.74, 6) is 0.841. The predicted octanol–water partition coefficient (Wildman–Crippen LogP) is 6.70. The van der Waals surface area contributed by atoms with E-state index in [0.29, 0.717) is 11.8 Å². The second-order valence-corrected chi connectivity index (χ2v) is 8.72. The van der Waals surface area contributed by atoms with Gasteiger partial charge in [-0.05, 0) is 59.6 Å². The van der Waals surface area contributed by atoms with E-state index in [0.717, 1.165) is 11.4 Å². The summed E-state index contributed by atoms with van der Waals surface area (Å²) >= 11 is 0. The molecule has 0 N–H and O–H groups in total. The molecule has 0 aliphatic heterocycles. The van der Waals surface area contributed by atoms with Gasteiger partial charge in [-0.3, -0.25) is 0 Å². The minimum atomic E-state index is 0.421. The first-order chi connectivity index (χ1) is 14.2. The van der Waals surface area contributed by atoms with Gasteiger partial charge in [0.15, 0.2) is 0 Å². The van der Waals surface area contributed by atoms with Crippen molar-refractivity contribution in [2.75, 3.05) is 0 Å². The molecule has 0 unspecified atom stereocenters. The number of aryl methyl sites for hydroxylation is 2. The third-order valence-electron chi connectivity index (χ3n) is 5.78. The monoisotopic (exact) mass is 398 g/mol. The van der Waals surface area contributed by atoms with Crippen LogP contribution < -0.4 is 4.57 Å². The number of nitrogens with zero attached hydrogens (tertiary/aromatic N) is 2. The average Bonchev–Trinajstić information content (AvgIpc) is 2.69. The Morgan fingerprint density at radius 3 is 1.83 bits per heavy atom. The molecule has 0 radical (unpaired) electrons. The van der Waals surface area contributed by atoms with E-state index >= 15 is 0 Å². The maximum atomic E-state index is 4.40. The summed E-state index contributed by atoms with van der Waals surface area (Å²) in [5, 5.41) is 0. The zero-order chi connectivity index (χ0) is 22.0. The third-order valence-corrected chi connectivity index (χ3v) is 5.78. The van der Waals surface area contributed by atoms with Crippen LogP contribution in [-0.4, -0.2) is 10.8 Å². The molecule has 3 aromatic rings. The van der Waals surface area contributed by atoms with Crippen LogP contribution in [0.3, 0.4) is 0 Å². The zero-order valence-electron chi connectivity index (χ0n) is 19.2. The van der Waals surface area contributed by atoms with Crippen LogP contribution in [0.5, 0.6) is 0 Å². The molecule has 0 amide bonds. The van der Waals surface area contributed by atoms with Crippen molar-refractivity contribution in [3.8, 4) is 11.3 Å². The van der Waals surface area contributed by atoms with Crippen LogP contribution in [0.25, 0.3) is 11.3 Å². The Kier molecular flexibility index (Phi) is 6.36. The van der Waals surface area contributed by atoms with Crippen molar-refractivity contribution in [1.29, 1.82) is 0 Å². The van der Waals surface area contributed by atoms with Gasteiger partial charge in [-0.25, -0.2) is 0 Å². The Morgan fingerprint density at radius 2 is 1.30 bits per heavy atom. The molecule has 0 saturated heterocycles. The minimum absolute atomic E-state index is 0.421. The van der Waals surface area contributed by atoms with Gasteiger partial charge >= 0.3 is 0 Å². The highest BCUT2D eigenvalue weighted by Gasteiger charge is 2.16. The molecule has 0 saturated carbocycles. The lowest BCUT2D eigenvalue weighted by atomic mass is 9.92. The van der Waals surface area contributed by atoms with Crippen LogP contribution in [-0.2, 0) is 0 Å². The summed E-state index contributed by atoms with van der Waals surface area (Å²) < 4.78 is 4.04. The lowest BCUT2D eigenvalue weighted by molar-refractivity contribution is -0.603. The molecule has 0 bridgehead atoms. The van der Waals surface area contributed by atoms with Gasteiger partial charge in [0.25, 0.3) is 0 Å². The van der Waals surface area contributed by atoms with E-state index in [1.165, 1.54) is 33.5 Å². The van der Waals surface area contributed by atoms with Gasteiger partial charge in [0.2, 0.25) is 0 Å². The van der Waals surface area contributed by atoms with Crippen molar-refractivity contribution in [3.05, 3.63) is 96.6 Å². The number of pyridine rings is 1. The summed E-state index contributed by atoms with van der Waals surface area (Å²) in [6.45, 7) is 13.3. The molecule has 0 atom stereocenters. The molecule has 0 fully saturated rings. The summed E-state index contributed by atoms with van der Waals surface area (Å²) in [6, 6.07) is 19.3. The highest BCUT2D eigenvalue weighted by molar-refractivity contribution is 5.74. The van der Waals surface area contributed by atoms with Crippen molar-refractivity contribution in [3.63, 3.8) is 0 Å². The number of benzene rings is 2. The summed E-state index contributed by atoms with van der Waals surface area (Å²) in [7, 11) is 8.78. The van der Waals surface area contributed by atoms with Crippen molar-refractivity contribution in [2.45, 2.75) is 53.4 Å². The molecular weight excluding hydrogens is 364 g/mol. The van der Waals surface area contributed by atoms with E-state index in [1.54, 1.807) is 0 Å². The van der Waals surface area contributed by atoms with Gasteiger partial charge in [-0.1, -0.05) is 76.2 Å². The number of hydrogen-bond donors (Lipinski definition) is 0. The lowest BCUT2D eigenvalue weighted by Crippen LogP contribution is -2.35. The second kappa shape index (κ2) is 8.79. The largest absolute Gasteiger partial charge is 0.338 e. The Bertz CT molecular complexity index is 1040. The average molecular weight is 399 g/mol. The second-order valence-electron chi connectivity index (χ2n) is 8.72. The summed E-state index contributed by atoms with van der Waals surface area (Å²) in [5.41, 5.74) is 9.69. The van der Waals surface area contributed by atoms with Gasteiger partial charge in [-0.15, -0.1) is 0 Å². The van der Waals surface area contributed by atoms with Crippen molar-refractivity contribution < 1.29 is 9.14 Å². The first kappa shape index (κ1) is 21.7. The van der Waals surface area contributed by atoms with E-state index in [4.69, 9.17) is 0 Å². The molecule has 2 aromatic carbocycles. The van der Waals surface area contributed by atoms with Crippen LogP contribution in [0.15, 0.2) is 54.6 Å². The topological polar surface area (TPSA) is 6.89 Å². The predicted molar refractivity (Wildman–Crippen MR) is 127 cm³/mol. The molecule has 2 heteroatoms. The molecule has 2 nitrogen and oxygen atoms in total. The molecular formula is C28H34N2. The molecule has 0 aliphatic rings. The van der Waals surface area contributed by atoms with Gasteiger partial charge in [0, 0.05) is 14.1 Å². The highest BCUT2D eigenvalue weighted by Crippen LogP contribution is 2.34. The Morgan fingerprint density at radius 1 is 0.800 bits per heavy atom. The Hall–Kier alpha value is -3.00. The standard InChI is InChI=1S/C28H34N2/c1-19(2)24-15-11-16-25(20(3)4)28(24)29(7)18-23-14-10-17-26(30(23)8)27-21(5)12-9-13-22(27)6/h9-20H,7-8H2,1-6H3. The van der Waals surface area contributed by atoms with Crippen molar-refractivity contribution in [2.24, 2.45) is 0 Å². The number of para-hydroxylation sites is 1. The normalized spacial score (nSPS) is 12.1. The molecule has 1 aromatic heterocycles. The van der Waals surface area contributed by atoms with Crippen LogP contribution in [0.4, 0.5) is 5.69 Å². The fourth-order valence-electron chi connectivity index (χ4n) is 4.17. The molecule has 0 aliphatic carbocycles. The van der Waals surface area contributed by atoms with E-state index in [9.17, 15) is 0 Å². The van der Waals surface area contributed by atoms with Gasteiger partial charge in [0.05, 0.1) is 6.21 Å². The van der Waals surface area contributed by atoms with Crippen molar-refractivity contribution >= 4 is 11.9 Å². The Balaban J connectivity index is 2.18. The smallest absolute Gasteiger partial charge is 0.112 e. The fourth-order valence-corrected chi connectivity index (χ4v) is 4.17. The van der Waals surface area contributed by atoms with Crippen LogP contribution >= 0.6 is 0 Å². The maximum Gasteiger partial charge on any atom is 0.112 e. The molecule has 156 valence electrons. The lowest BCUT2D eigenvalue weighted by Gasteiger charge is -2.22.